The summed E-state index contributed by atoms with van der Waals surface area (Å²) in [7, 11) is 0. The zero-order valence-corrected chi connectivity index (χ0v) is 17.5. The van der Waals surface area contributed by atoms with Crippen LogP contribution in [0.5, 0.6) is 11.8 Å². The molecule has 1 aliphatic carbocycles. The van der Waals surface area contributed by atoms with Crippen molar-refractivity contribution >= 4 is 0 Å². The number of ether oxygens (including phenoxy) is 1. The van der Waals surface area contributed by atoms with Crippen molar-refractivity contribution in [3.8, 4) is 17.4 Å². The predicted octanol–water partition coefficient (Wildman–Crippen LogP) is 4.35. The zero-order valence-electron chi connectivity index (χ0n) is 17.5. The second kappa shape index (κ2) is 6.41. The monoisotopic (exact) mass is 410 g/mol. The van der Waals surface area contributed by atoms with E-state index >= 15 is 0 Å². The molecule has 0 saturated heterocycles. The van der Waals surface area contributed by atoms with Gasteiger partial charge in [0.15, 0.2) is 0 Å². The smallest absolute Gasteiger partial charge is 0.259 e. The van der Waals surface area contributed by atoms with Gasteiger partial charge in [-0.25, -0.2) is 4.68 Å². The summed E-state index contributed by atoms with van der Waals surface area (Å²) in [4.78, 5) is 20.9. The van der Waals surface area contributed by atoms with Crippen molar-refractivity contribution < 1.29 is 4.74 Å². The summed E-state index contributed by atoms with van der Waals surface area (Å²) in [6, 6.07) is 18.4. The third-order valence-electron chi connectivity index (χ3n) is 6.55. The topological polar surface area (TPSA) is 72.8 Å². The largest absolute Gasteiger partial charge is 0.420 e. The standard InChI is InChI=1S/C25H22N4O2/c1-15-20-24(29(28-15)18-11-4-3-5-12-18)31-23-21(22(30)26-16(2)27-23)25(20)14-8-10-17-9-6-7-13-19(17)25/h3-7,9,11-13H,8,10,14H2,1-2H3,(H,26,27,30). The Morgan fingerprint density at radius 3 is 2.65 bits per heavy atom. The van der Waals surface area contributed by atoms with Crippen molar-refractivity contribution in [3.05, 3.63) is 98.7 Å². The number of aryl methyl sites for hydroxylation is 3. The first kappa shape index (κ1) is 18.1. The Morgan fingerprint density at radius 2 is 1.81 bits per heavy atom. The number of benzene rings is 2. The molecule has 31 heavy (non-hydrogen) atoms. The van der Waals surface area contributed by atoms with Gasteiger partial charge in [0.25, 0.3) is 5.56 Å². The lowest BCUT2D eigenvalue weighted by atomic mass is 9.62. The molecule has 2 aromatic heterocycles. The first-order valence-electron chi connectivity index (χ1n) is 10.6. The van der Waals surface area contributed by atoms with Gasteiger partial charge in [0, 0.05) is 0 Å². The number of nitrogens with one attached hydrogen (secondary N) is 1. The van der Waals surface area contributed by atoms with E-state index in [-0.39, 0.29) is 5.56 Å². The molecule has 1 N–H and O–H groups in total. The molecule has 0 radical (unpaired) electrons. The van der Waals surface area contributed by atoms with E-state index in [2.05, 4.69) is 28.2 Å². The predicted molar refractivity (Wildman–Crippen MR) is 117 cm³/mol. The molecule has 0 bridgehead atoms. The van der Waals surface area contributed by atoms with Crippen molar-refractivity contribution in [2.45, 2.75) is 38.5 Å². The first-order chi connectivity index (χ1) is 15.1. The summed E-state index contributed by atoms with van der Waals surface area (Å²) < 4.78 is 8.20. The normalized spacial score (nSPS) is 18.8. The minimum atomic E-state index is -0.636. The van der Waals surface area contributed by atoms with Crippen molar-refractivity contribution in [1.82, 2.24) is 19.7 Å². The Hall–Kier alpha value is -3.67. The molecule has 1 atom stereocenters. The molecule has 1 aliphatic heterocycles. The molecule has 1 spiro atoms. The summed E-state index contributed by atoms with van der Waals surface area (Å²) in [6.45, 7) is 3.78. The SMILES string of the molecule is Cc1nc2c(c(=O)[nH]1)C1(CCCc3ccccc31)c1c(C)nn(-c3ccccc3)c1O2. The van der Waals surface area contributed by atoms with E-state index in [9.17, 15) is 4.79 Å². The van der Waals surface area contributed by atoms with Gasteiger partial charge in [-0.05, 0) is 56.4 Å². The second-order valence-corrected chi connectivity index (χ2v) is 8.36. The number of hydrogen-bond acceptors (Lipinski definition) is 4. The van der Waals surface area contributed by atoms with Crippen molar-refractivity contribution in [3.63, 3.8) is 0 Å². The van der Waals surface area contributed by atoms with Gasteiger partial charge in [0.05, 0.1) is 27.9 Å². The fraction of sp³-hybridized carbons (Fsp3) is 0.240. The van der Waals surface area contributed by atoms with Crippen molar-refractivity contribution in [2.75, 3.05) is 0 Å². The van der Waals surface area contributed by atoms with Crippen LogP contribution in [0.4, 0.5) is 0 Å². The van der Waals surface area contributed by atoms with Crippen LogP contribution >= 0.6 is 0 Å². The van der Waals surface area contributed by atoms with Gasteiger partial charge in [-0.1, -0.05) is 42.5 Å². The van der Waals surface area contributed by atoms with E-state index in [0.717, 1.165) is 41.8 Å². The minimum absolute atomic E-state index is 0.142. The molecule has 1 unspecified atom stereocenters. The molecule has 0 fully saturated rings. The maximum Gasteiger partial charge on any atom is 0.259 e. The number of fused-ring (bicyclic) bond motifs is 6. The van der Waals surface area contributed by atoms with Crippen molar-refractivity contribution in [1.29, 1.82) is 0 Å². The minimum Gasteiger partial charge on any atom is -0.420 e. The molecule has 3 heterocycles. The van der Waals surface area contributed by atoms with E-state index in [1.165, 1.54) is 5.56 Å². The van der Waals surface area contributed by atoms with E-state index < -0.39 is 5.41 Å². The van der Waals surface area contributed by atoms with Crippen LogP contribution in [0.3, 0.4) is 0 Å². The van der Waals surface area contributed by atoms with E-state index in [1.54, 1.807) is 6.92 Å². The van der Waals surface area contributed by atoms with Crippen LogP contribution in [-0.2, 0) is 11.8 Å². The van der Waals surface area contributed by atoms with Crippen LogP contribution in [0.1, 0.15) is 46.6 Å². The first-order valence-corrected chi connectivity index (χ1v) is 10.6. The highest BCUT2D eigenvalue weighted by Crippen LogP contribution is 2.56. The lowest BCUT2D eigenvalue weighted by Gasteiger charge is -2.42. The highest BCUT2D eigenvalue weighted by Gasteiger charge is 2.51. The number of aromatic amines is 1. The highest BCUT2D eigenvalue weighted by atomic mass is 16.5. The van der Waals surface area contributed by atoms with E-state index in [1.807, 2.05) is 48.0 Å². The van der Waals surface area contributed by atoms with Crippen LogP contribution in [0.25, 0.3) is 5.69 Å². The third-order valence-corrected chi connectivity index (χ3v) is 6.55. The van der Waals surface area contributed by atoms with Crippen molar-refractivity contribution in [2.24, 2.45) is 0 Å². The van der Waals surface area contributed by atoms with Gasteiger partial charge in [-0.15, -0.1) is 0 Å². The van der Waals surface area contributed by atoms with Crippen LogP contribution in [0, 0.1) is 13.8 Å². The molecule has 2 aromatic carbocycles. The van der Waals surface area contributed by atoms with Crippen LogP contribution in [0.2, 0.25) is 0 Å². The maximum atomic E-state index is 13.4. The third kappa shape index (κ3) is 2.42. The summed E-state index contributed by atoms with van der Waals surface area (Å²) >= 11 is 0. The van der Waals surface area contributed by atoms with Gasteiger partial charge >= 0.3 is 0 Å². The average Bonchev–Trinajstić information content (AvgIpc) is 3.11. The second-order valence-electron chi connectivity index (χ2n) is 8.36. The highest BCUT2D eigenvalue weighted by molar-refractivity contribution is 5.64. The number of para-hydroxylation sites is 1. The number of H-pyrrole nitrogens is 1. The van der Waals surface area contributed by atoms with Crippen LogP contribution < -0.4 is 10.3 Å². The molecule has 6 nitrogen and oxygen atoms in total. The lowest BCUT2D eigenvalue weighted by Crippen LogP contribution is -2.42. The van der Waals surface area contributed by atoms with Crippen LogP contribution in [-0.4, -0.2) is 19.7 Å². The van der Waals surface area contributed by atoms with Gasteiger partial charge in [0.1, 0.15) is 5.82 Å². The average molecular weight is 410 g/mol. The van der Waals surface area contributed by atoms with Gasteiger partial charge < -0.3 is 9.72 Å². The summed E-state index contributed by atoms with van der Waals surface area (Å²) in [5.74, 6) is 1.56. The fourth-order valence-electron chi connectivity index (χ4n) is 5.42. The molecule has 6 heteroatoms. The Bertz CT molecular complexity index is 1390. The molecule has 6 rings (SSSR count). The summed E-state index contributed by atoms with van der Waals surface area (Å²) in [5, 5.41) is 4.87. The van der Waals surface area contributed by atoms with Gasteiger partial charge in [0.2, 0.25) is 11.8 Å². The zero-order chi connectivity index (χ0) is 21.2. The number of nitrogens with zero attached hydrogens (tertiary/aromatic N) is 3. The molecule has 0 saturated carbocycles. The molecular formula is C25H22N4O2. The van der Waals surface area contributed by atoms with E-state index in [4.69, 9.17) is 9.84 Å². The Balaban J connectivity index is 1.75. The van der Waals surface area contributed by atoms with E-state index in [0.29, 0.717) is 23.1 Å². The summed E-state index contributed by atoms with van der Waals surface area (Å²) in [5.41, 5.74) is 4.97. The molecule has 0 amide bonds. The maximum absolute atomic E-state index is 13.4. The molecule has 4 aromatic rings. The molecule has 2 aliphatic rings. The number of hydrogen-bond donors (Lipinski definition) is 1. The Kier molecular flexibility index (Phi) is 3.75. The summed E-state index contributed by atoms with van der Waals surface area (Å²) in [6.07, 6.45) is 2.77. The fourth-order valence-corrected chi connectivity index (χ4v) is 5.42. The Morgan fingerprint density at radius 1 is 1.03 bits per heavy atom. The van der Waals surface area contributed by atoms with Crippen LogP contribution in [0.15, 0.2) is 59.4 Å². The molecule has 154 valence electrons. The van der Waals surface area contributed by atoms with Gasteiger partial charge in [-0.3, -0.25) is 4.79 Å². The number of rotatable bonds is 1. The Labute approximate surface area is 179 Å². The quantitative estimate of drug-likeness (QED) is 0.506. The van der Waals surface area contributed by atoms with Gasteiger partial charge in [-0.2, -0.15) is 10.1 Å². The lowest BCUT2D eigenvalue weighted by molar-refractivity contribution is 0.355. The molecular weight excluding hydrogens is 388 g/mol. The number of aromatic nitrogens is 4.